The van der Waals surface area contributed by atoms with Gasteiger partial charge in [-0.05, 0) is 53.9 Å². The van der Waals surface area contributed by atoms with Crippen LogP contribution < -0.4 is 14.8 Å². The summed E-state index contributed by atoms with van der Waals surface area (Å²) in [5.41, 5.74) is 3.07. The number of nitro groups is 1. The third kappa shape index (κ3) is 6.50. The Morgan fingerprint density at radius 2 is 1.55 bits per heavy atom. The molecule has 0 spiro atoms. The number of carbonyl (C=O) groups is 1. The van der Waals surface area contributed by atoms with Gasteiger partial charge in [0, 0.05) is 17.5 Å². The molecule has 0 fully saturated rings. The van der Waals surface area contributed by atoms with Gasteiger partial charge >= 0.3 is 0 Å². The average molecular weight is 563 g/mol. The molecule has 0 saturated carbocycles. The minimum absolute atomic E-state index is 0.0430. The van der Waals surface area contributed by atoms with E-state index in [1.54, 1.807) is 12.1 Å². The van der Waals surface area contributed by atoms with Gasteiger partial charge in [0.1, 0.15) is 29.6 Å². The number of hydrogen-bond donors (Lipinski definition) is 1. The van der Waals surface area contributed by atoms with Gasteiger partial charge in [-0.15, -0.1) is 0 Å². The van der Waals surface area contributed by atoms with Gasteiger partial charge in [0.25, 0.3) is 11.6 Å². The van der Waals surface area contributed by atoms with Crippen molar-refractivity contribution in [3.63, 3.8) is 0 Å². The van der Waals surface area contributed by atoms with E-state index in [9.17, 15) is 14.9 Å². The molecule has 0 aliphatic rings. The summed E-state index contributed by atoms with van der Waals surface area (Å²) in [6, 6.07) is 32.8. The van der Waals surface area contributed by atoms with Crippen LogP contribution in [0.2, 0.25) is 0 Å². The van der Waals surface area contributed by atoms with Crippen LogP contribution >= 0.6 is 0 Å². The third-order valence-corrected chi connectivity index (χ3v) is 7.02. The molecule has 42 heavy (non-hydrogen) atoms. The molecule has 5 rings (SSSR count). The summed E-state index contributed by atoms with van der Waals surface area (Å²) < 4.78 is 17.4. The maximum atomic E-state index is 12.9. The summed E-state index contributed by atoms with van der Waals surface area (Å²) in [7, 11) is 0. The Morgan fingerprint density at radius 3 is 2.26 bits per heavy atom. The molecular weight excluding hydrogens is 532 g/mol. The Labute approximate surface area is 243 Å². The van der Waals surface area contributed by atoms with Crippen LogP contribution in [0.15, 0.2) is 114 Å². The SMILES string of the molecule is Cc1ccccc1Oc1cc(NC(=O)c2ccc(COc3ccc(C(C)(C)c4ccccc4)cc3)o2)cc([N+](=O)[O-])c1. The Balaban J connectivity index is 1.23. The molecule has 4 aromatic carbocycles. The largest absolute Gasteiger partial charge is 0.486 e. The molecule has 0 aliphatic carbocycles. The highest BCUT2D eigenvalue weighted by Gasteiger charge is 2.23. The fraction of sp³-hybridized carbons (Fsp3) is 0.147. The number of aryl methyl sites for hydroxylation is 1. The number of anilines is 1. The van der Waals surface area contributed by atoms with Crippen LogP contribution in [0.25, 0.3) is 0 Å². The van der Waals surface area contributed by atoms with Gasteiger partial charge in [0.15, 0.2) is 5.76 Å². The predicted octanol–water partition coefficient (Wildman–Crippen LogP) is 8.45. The van der Waals surface area contributed by atoms with Crippen LogP contribution in [0, 0.1) is 17.0 Å². The Bertz CT molecular complexity index is 1710. The van der Waals surface area contributed by atoms with Gasteiger partial charge in [-0.1, -0.05) is 74.5 Å². The fourth-order valence-electron chi connectivity index (χ4n) is 4.53. The number of non-ortho nitro benzene ring substituents is 1. The highest BCUT2D eigenvalue weighted by Crippen LogP contribution is 2.33. The summed E-state index contributed by atoms with van der Waals surface area (Å²) in [4.78, 5) is 23.9. The predicted molar refractivity (Wildman–Crippen MR) is 160 cm³/mol. The first-order valence-electron chi connectivity index (χ1n) is 13.4. The van der Waals surface area contributed by atoms with Gasteiger partial charge in [0.05, 0.1) is 16.7 Å². The summed E-state index contributed by atoms with van der Waals surface area (Å²) in [5, 5.41) is 14.2. The number of carbonyl (C=O) groups excluding carboxylic acids is 1. The minimum Gasteiger partial charge on any atom is -0.486 e. The van der Waals surface area contributed by atoms with Crippen LogP contribution in [0.5, 0.6) is 17.2 Å². The smallest absolute Gasteiger partial charge is 0.291 e. The zero-order chi connectivity index (χ0) is 29.7. The number of para-hydroxylation sites is 1. The van der Waals surface area contributed by atoms with Crippen LogP contribution in [0.1, 0.15) is 46.9 Å². The molecule has 1 amide bonds. The molecule has 8 nitrogen and oxygen atoms in total. The van der Waals surface area contributed by atoms with Gasteiger partial charge in [-0.3, -0.25) is 14.9 Å². The van der Waals surface area contributed by atoms with Crippen LogP contribution in [-0.2, 0) is 12.0 Å². The standard InChI is InChI=1S/C34H30N2O6/c1-23-9-7-8-12-31(23)42-30-20-26(19-27(21-30)36(38)39)35-33(37)32-18-17-29(41-32)22-40-28-15-13-25(14-16-28)34(2,3)24-10-5-4-6-11-24/h4-21H,22H2,1-3H3,(H,35,37). The number of hydrogen-bond acceptors (Lipinski definition) is 6. The van der Waals surface area contributed by atoms with E-state index in [0.29, 0.717) is 17.3 Å². The van der Waals surface area contributed by atoms with Gasteiger partial charge in [-0.25, -0.2) is 0 Å². The summed E-state index contributed by atoms with van der Waals surface area (Å²) >= 11 is 0. The van der Waals surface area contributed by atoms with E-state index in [1.165, 1.54) is 29.8 Å². The molecule has 0 saturated heterocycles. The molecule has 0 bridgehead atoms. The van der Waals surface area contributed by atoms with Crippen molar-refractivity contribution in [3.8, 4) is 17.2 Å². The first-order valence-corrected chi connectivity index (χ1v) is 13.4. The molecule has 0 unspecified atom stereocenters. The van der Waals surface area contributed by atoms with Gasteiger partial charge in [0.2, 0.25) is 0 Å². The quantitative estimate of drug-likeness (QED) is 0.135. The number of amides is 1. The normalized spacial score (nSPS) is 11.1. The van der Waals surface area contributed by atoms with Crippen molar-refractivity contribution in [2.24, 2.45) is 0 Å². The van der Waals surface area contributed by atoms with Gasteiger partial charge < -0.3 is 19.2 Å². The van der Waals surface area contributed by atoms with E-state index in [4.69, 9.17) is 13.9 Å². The zero-order valence-corrected chi connectivity index (χ0v) is 23.5. The van der Waals surface area contributed by atoms with E-state index >= 15 is 0 Å². The zero-order valence-electron chi connectivity index (χ0n) is 23.5. The number of ether oxygens (including phenoxy) is 2. The monoisotopic (exact) mass is 562 g/mol. The van der Waals surface area contributed by atoms with E-state index < -0.39 is 10.8 Å². The van der Waals surface area contributed by atoms with E-state index in [2.05, 4.69) is 31.3 Å². The van der Waals surface area contributed by atoms with Crippen molar-refractivity contribution in [2.45, 2.75) is 32.8 Å². The maximum Gasteiger partial charge on any atom is 0.291 e. The molecule has 5 aromatic rings. The Kier molecular flexibility index (Phi) is 8.06. The first kappa shape index (κ1) is 28.2. The Hall–Kier alpha value is -5.37. The molecule has 1 N–H and O–H groups in total. The average Bonchev–Trinajstić information content (AvgIpc) is 3.47. The Morgan fingerprint density at radius 1 is 0.857 bits per heavy atom. The molecule has 8 heteroatoms. The van der Waals surface area contributed by atoms with Crippen molar-refractivity contribution in [1.82, 2.24) is 0 Å². The topological polar surface area (TPSA) is 104 Å². The second-order valence-electron chi connectivity index (χ2n) is 10.4. The molecule has 1 heterocycles. The molecule has 0 aliphatic heterocycles. The summed E-state index contributed by atoms with van der Waals surface area (Å²) in [6.45, 7) is 6.36. The van der Waals surface area contributed by atoms with Crippen molar-refractivity contribution in [1.29, 1.82) is 0 Å². The first-order chi connectivity index (χ1) is 20.2. The number of nitrogens with zero attached hydrogens (tertiary/aromatic N) is 1. The van der Waals surface area contributed by atoms with Crippen molar-refractivity contribution in [2.75, 3.05) is 5.32 Å². The highest BCUT2D eigenvalue weighted by molar-refractivity contribution is 6.02. The van der Waals surface area contributed by atoms with Crippen molar-refractivity contribution in [3.05, 3.63) is 148 Å². The second kappa shape index (κ2) is 12.0. The lowest BCUT2D eigenvalue weighted by Crippen LogP contribution is -2.18. The molecule has 0 atom stereocenters. The summed E-state index contributed by atoms with van der Waals surface area (Å²) in [6.07, 6.45) is 0. The molecule has 212 valence electrons. The molecule has 0 radical (unpaired) electrons. The van der Waals surface area contributed by atoms with E-state index in [0.717, 1.165) is 11.1 Å². The lowest BCUT2D eigenvalue weighted by atomic mass is 9.78. The lowest BCUT2D eigenvalue weighted by molar-refractivity contribution is -0.384. The number of furan rings is 1. The summed E-state index contributed by atoms with van der Waals surface area (Å²) in [5.74, 6) is 1.39. The van der Waals surface area contributed by atoms with Crippen molar-refractivity contribution >= 4 is 17.3 Å². The number of nitrogens with one attached hydrogen (secondary N) is 1. The van der Waals surface area contributed by atoms with Crippen LogP contribution in [0.3, 0.4) is 0 Å². The second-order valence-corrected chi connectivity index (χ2v) is 10.4. The third-order valence-electron chi connectivity index (χ3n) is 7.02. The molecule has 1 aromatic heterocycles. The lowest BCUT2D eigenvalue weighted by Gasteiger charge is -2.26. The van der Waals surface area contributed by atoms with Crippen molar-refractivity contribution < 1.29 is 23.6 Å². The fourth-order valence-corrected chi connectivity index (χ4v) is 4.53. The number of benzene rings is 4. The number of rotatable bonds is 10. The highest BCUT2D eigenvalue weighted by atomic mass is 16.6. The molecular formula is C34H30N2O6. The van der Waals surface area contributed by atoms with Crippen LogP contribution in [-0.4, -0.2) is 10.8 Å². The van der Waals surface area contributed by atoms with E-state index in [-0.39, 0.29) is 34.9 Å². The minimum atomic E-state index is -0.559. The number of nitro benzene ring substituents is 1. The van der Waals surface area contributed by atoms with Gasteiger partial charge in [-0.2, -0.15) is 0 Å². The van der Waals surface area contributed by atoms with Crippen LogP contribution in [0.4, 0.5) is 11.4 Å². The maximum absolute atomic E-state index is 12.9. The van der Waals surface area contributed by atoms with E-state index in [1.807, 2.05) is 67.6 Å².